The van der Waals surface area contributed by atoms with Gasteiger partial charge in [0.2, 0.25) is 0 Å². The second-order valence-electron chi connectivity index (χ2n) is 10.2. The van der Waals surface area contributed by atoms with Gasteiger partial charge in [0.05, 0.1) is 17.4 Å². The molecule has 0 bridgehead atoms. The van der Waals surface area contributed by atoms with E-state index in [-0.39, 0.29) is 17.2 Å². The third-order valence-electron chi connectivity index (χ3n) is 6.31. The Kier molecular flexibility index (Phi) is 6.27. The summed E-state index contributed by atoms with van der Waals surface area (Å²) < 4.78 is 21.5. The van der Waals surface area contributed by atoms with Crippen LogP contribution in [0.3, 0.4) is 0 Å². The van der Waals surface area contributed by atoms with Crippen LogP contribution in [0.25, 0.3) is 22.2 Å². The van der Waals surface area contributed by atoms with Crippen molar-refractivity contribution in [1.29, 1.82) is 0 Å². The molecule has 0 aliphatic heterocycles. The minimum Gasteiger partial charge on any atom is -0.487 e. The summed E-state index contributed by atoms with van der Waals surface area (Å²) in [6.45, 7) is 7.06. The number of benzene rings is 3. The van der Waals surface area contributed by atoms with Crippen LogP contribution < -0.4 is 4.74 Å². The Morgan fingerprint density at radius 1 is 0.944 bits per heavy atom. The lowest BCUT2D eigenvalue weighted by Crippen LogP contribution is -2.20. The second-order valence-corrected chi connectivity index (χ2v) is 10.2. The van der Waals surface area contributed by atoms with E-state index in [1.807, 2.05) is 37.5 Å². The number of ether oxygens (including phenoxy) is 1. The second kappa shape index (κ2) is 9.53. The van der Waals surface area contributed by atoms with E-state index in [2.05, 4.69) is 72.5 Å². The van der Waals surface area contributed by atoms with Crippen LogP contribution in [0.4, 0.5) is 4.39 Å². The van der Waals surface area contributed by atoms with E-state index < -0.39 is 0 Å². The number of fused-ring (bicyclic) bond motifs is 1. The highest BCUT2D eigenvalue weighted by Crippen LogP contribution is 2.45. The lowest BCUT2D eigenvalue weighted by atomic mass is 9.71. The summed E-state index contributed by atoms with van der Waals surface area (Å²) in [6, 6.07) is 25.0. The zero-order valence-corrected chi connectivity index (χ0v) is 20.9. The van der Waals surface area contributed by atoms with Crippen molar-refractivity contribution in [1.82, 2.24) is 20.0 Å². The van der Waals surface area contributed by atoms with Crippen molar-refractivity contribution in [2.75, 3.05) is 0 Å². The number of nitrogens with zero attached hydrogens (tertiary/aromatic N) is 4. The molecule has 0 aliphatic rings. The average Bonchev–Trinajstić information content (AvgIpc) is 3.28. The van der Waals surface area contributed by atoms with Crippen LogP contribution >= 0.6 is 0 Å². The summed E-state index contributed by atoms with van der Waals surface area (Å²) in [5.41, 5.74) is 5.69. The van der Waals surface area contributed by atoms with Crippen LogP contribution in [0.1, 0.15) is 43.5 Å². The molecule has 0 saturated carbocycles. The zero-order valence-electron chi connectivity index (χ0n) is 20.9. The summed E-state index contributed by atoms with van der Waals surface area (Å²) in [5.74, 6) is 0.590. The van der Waals surface area contributed by atoms with Crippen LogP contribution in [-0.2, 0) is 13.7 Å². The molecule has 5 aromatic rings. The summed E-state index contributed by atoms with van der Waals surface area (Å²) in [6.07, 6.45) is 1.94. The van der Waals surface area contributed by atoms with E-state index in [1.54, 1.807) is 10.7 Å². The lowest BCUT2D eigenvalue weighted by molar-refractivity contribution is 0.300. The first-order valence-corrected chi connectivity index (χ1v) is 12.0. The van der Waals surface area contributed by atoms with Crippen molar-refractivity contribution >= 4 is 10.9 Å². The predicted molar refractivity (Wildman–Crippen MR) is 140 cm³/mol. The molecule has 0 N–H and O–H groups in total. The highest BCUT2D eigenvalue weighted by molar-refractivity contribution is 5.78. The first-order valence-electron chi connectivity index (χ1n) is 12.0. The third-order valence-corrected chi connectivity index (χ3v) is 6.31. The molecule has 0 aliphatic carbocycles. The Morgan fingerprint density at radius 2 is 1.75 bits per heavy atom. The van der Waals surface area contributed by atoms with Crippen molar-refractivity contribution in [3.63, 3.8) is 0 Å². The topological polar surface area (TPSA) is 52.8 Å². The summed E-state index contributed by atoms with van der Waals surface area (Å²) in [4.78, 5) is 4.63. The van der Waals surface area contributed by atoms with Gasteiger partial charge < -0.3 is 4.74 Å². The van der Waals surface area contributed by atoms with Gasteiger partial charge in [-0.1, -0.05) is 62.4 Å². The average molecular weight is 481 g/mol. The highest BCUT2D eigenvalue weighted by Gasteiger charge is 2.31. The van der Waals surface area contributed by atoms with Gasteiger partial charge >= 0.3 is 0 Å². The van der Waals surface area contributed by atoms with Gasteiger partial charge in [-0.25, -0.2) is 9.37 Å². The van der Waals surface area contributed by atoms with Crippen molar-refractivity contribution in [3.05, 3.63) is 108 Å². The lowest BCUT2D eigenvalue weighted by Gasteiger charge is -2.33. The molecule has 36 heavy (non-hydrogen) atoms. The standard InChI is InChI=1S/C30H29FN4O/c1-30(2,3)29(20-8-6-5-7-9-20)26-17-24(13-14-25(26)28-18-35(4)34-33-28)36-19-23-12-10-21-16-22(31)11-15-27(21)32-23/h5-18,29H,19H2,1-4H3. The molecule has 2 heterocycles. The van der Waals surface area contributed by atoms with E-state index in [1.165, 1.54) is 17.7 Å². The first-order chi connectivity index (χ1) is 17.3. The number of rotatable bonds is 6. The van der Waals surface area contributed by atoms with Crippen LogP contribution in [0.5, 0.6) is 5.75 Å². The molecule has 6 heteroatoms. The Morgan fingerprint density at radius 3 is 2.47 bits per heavy atom. The molecule has 0 amide bonds. The molecule has 0 spiro atoms. The van der Waals surface area contributed by atoms with Crippen LogP contribution in [-0.4, -0.2) is 20.0 Å². The third kappa shape index (κ3) is 4.98. The quantitative estimate of drug-likeness (QED) is 0.265. The Hall–Kier alpha value is -4.06. The summed E-state index contributed by atoms with van der Waals surface area (Å²) >= 11 is 0. The molecule has 0 saturated heterocycles. The fourth-order valence-electron chi connectivity index (χ4n) is 4.74. The Labute approximate surface area is 210 Å². The number of halogens is 1. The molecular formula is C30H29FN4O. The molecule has 0 fully saturated rings. The van der Waals surface area contributed by atoms with Crippen molar-refractivity contribution in [2.24, 2.45) is 12.5 Å². The smallest absolute Gasteiger partial charge is 0.130 e. The van der Waals surface area contributed by atoms with Crippen LogP contribution in [0.2, 0.25) is 0 Å². The highest BCUT2D eigenvalue weighted by atomic mass is 19.1. The minimum atomic E-state index is -0.268. The van der Waals surface area contributed by atoms with E-state index in [4.69, 9.17) is 4.74 Å². The molecule has 2 aromatic heterocycles. The maximum absolute atomic E-state index is 13.5. The van der Waals surface area contributed by atoms with Crippen LogP contribution in [0.15, 0.2) is 85.1 Å². The molecule has 1 unspecified atom stereocenters. The minimum absolute atomic E-state index is 0.0634. The van der Waals surface area contributed by atoms with Gasteiger partial charge in [-0.3, -0.25) is 4.68 Å². The number of pyridine rings is 1. The molecule has 1 atom stereocenters. The van der Waals surface area contributed by atoms with Crippen LogP contribution in [0, 0.1) is 11.2 Å². The zero-order chi connectivity index (χ0) is 25.3. The number of aromatic nitrogens is 4. The summed E-state index contributed by atoms with van der Waals surface area (Å²) in [5, 5.41) is 9.33. The fraction of sp³-hybridized carbons (Fsp3) is 0.233. The first kappa shape index (κ1) is 23.7. The fourth-order valence-corrected chi connectivity index (χ4v) is 4.74. The SMILES string of the molecule is Cn1cc(-c2ccc(OCc3ccc4cc(F)ccc4n3)cc2C(c2ccccc2)C(C)(C)C)nn1. The number of aryl methyl sites for hydroxylation is 1. The normalized spacial score (nSPS) is 12.6. The molecule has 5 rings (SSSR count). The number of hydrogen-bond acceptors (Lipinski definition) is 4. The van der Waals surface area contributed by atoms with E-state index in [0.717, 1.165) is 39.2 Å². The van der Waals surface area contributed by atoms with Gasteiger partial charge in [0.1, 0.15) is 23.9 Å². The van der Waals surface area contributed by atoms with E-state index >= 15 is 0 Å². The predicted octanol–water partition coefficient (Wildman–Crippen LogP) is 6.93. The molecule has 3 aromatic carbocycles. The molecule has 0 radical (unpaired) electrons. The Balaban J connectivity index is 1.52. The van der Waals surface area contributed by atoms with Gasteiger partial charge in [0.15, 0.2) is 0 Å². The van der Waals surface area contributed by atoms with Gasteiger partial charge in [0, 0.05) is 23.9 Å². The largest absolute Gasteiger partial charge is 0.487 e. The van der Waals surface area contributed by atoms with Gasteiger partial charge in [-0.05, 0) is 59.0 Å². The van der Waals surface area contributed by atoms with Crippen molar-refractivity contribution in [2.45, 2.75) is 33.3 Å². The van der Waals surface area contributed by atoms with Gasteiger partial charge in [-0.2, -0.15) is 0 Å². The maximum Gasteiger partial charge on any atom is 0.130 e. The van der Waals surface area contributed by atoms with E-state index in [9.17, 15) is 4.39 Å². The van der Waals surface area contributed by atoms with Gasteiger partial charge in [-0.15, -0.1) is 5.10 Å². The molecular weight excluding hydrogens is 451 g/mol. The Bertz CT molecular complexity index is 1500. The monoisotopic (exact) mass is 480 g/mol. The number of hydrogen-bond donors (Lipinski definition) is 0. The van der Waals surface area contributed by atoms with E-state index in [0.29, 0.717) is 6.61 Å². The van der Waals surface area contributed by atoms with Crippen molar-refractivity contribution in [3.8, 4) is 17.0 Å². The molecule has 5 nitrogen and oxygen atoms in total. The van der Waals surface area contributed by atoms with Crippen molar-refractivity contribution < 1.29 is 9.13 Å². The maximum atomic E-state index is 13.5. The van der Waals surface area contributed by atoms with Gasteiger partial charge in [0.25, 0.3) is 0 Å². The summed E-state index contributed by atoms with van der Waals surface area (Å²) in [7, 11) is 1.87. The molecule has 182 valence electrons.